The highest BCUT2D eigenvalue weighted by molar-refractivity contribution is 6.30. The van der Waals surface area contributed by atoms with Gasteiger partial charge in [-0.15, -0.1) is 0 Å². The highest BCUT2D eigenvalue weighted by Gasteiger charge is 2.38. The fourth-order valence-electron chi connectivity index (χ4n) is 3.53. The first-order valence-electron chi connectivity index (χ1n) is 7.86. The molecular formula is C17H18ClN3O2. The lowest BCUT2D eigenvalue weighted by molar-refractivity contribution is -0.138. The van der Waals surface area contributed by atoms with Crippen LogP contribution in [0.4, 0.5) is 0 Å². The van der Waals surface area contributed by atoms with Crippen molar-refractivity contribution in [2.75, 3.05) is 6.54 Å². The van der Waals surface area contributed by atoms with Gasteiger partial charge in [0.05, 0.1) is 12.2 Å². The van der Waals surface area contributed by atoms with Gasteiger partial charge in [-0.2, -0.15) is 5.10 Å². The van der Waals surface area contributed by atoms with Gasteiger partial charge >= 0.3 is 0 Å². The van der Waals surface area contributed by atoms with Crippen LogP contribution in [0.2, 0.25) is 5.02 Å². The van der Waals surface area contributed by atoms with Gasteiger partial charge in [-0.05, 0) is 36.6 Å². The van der Waals surface area contributed by atoms with Crippen LogP contribution in [0.15, 0.2) is 30.6 Å². The number of rotatable bonds is 2. The molecule has 0 N–H and O–H groups in total. The maximum absolute atomic E-state index is 12.9. The Kier molecular flexibility index (Phi) is 3.53. The van der Waals surface area contributed by atoms with E-state index in [9.17, 15) is 4.79 Å². The molecule has 1 fully saturated rings. The van der Waals surface area contributed by atoms with E-state index in [2.05, 4.69) is 5.10 Å². The van der Waals surface area contributed by atoms with Gasteiger partial charge in [-0.25, -0.2) is 0 Å². The van der Waals surface area contributed by atoms with E-state index < -0.39 is 6.10 Å². The van der Waals surface area contributed by atoms with Crippen LogP contribution in [-0.2, 0) is 18.3 Å². The normalized spacial score (nSPS) is 23.0. The van der Waals surface area contributed by atoms with Crippen molar-refractivity contribution in [1.82, 2.24) is 14.7 Å². The summed E-state index contributed by atoms with van der Waals surface area (Å²) in [5, 5.41) is 4.90. The molecule has 0 radical (unpaired) electrons. The zero-order valence-corrected chi connectivity index (χ0v) is 13.7. The molecule has 1 amide bonds. The Hall–Kier alpha value is -2.01. The molecule has 0 aliphatic carbocycles. The first kappa shape index (κ1) is 14.6. The van der Waals surface area contributed by atoms with E-state index in [1.165, 1.54) is 0 Å². The Morgan fingerprint density at radius 2 is 2.30 bits per heavy atom. The van der Waals surface area contributed by atoms with Gasteiger partial charge in [-0.3, -0.25) is 9.48 Å². The first-order valence-corrected chi connectivity index (χ1v) is 8.24. The Morgan fingerprint density at radius 3 is 3.09 bits per heavy atom. The van der Waals surface area contributed by atoms with Gasteiger partial charge < -0.3 is 9.64 Å². The lowest BCUT2D eigenvalue weighted by atomic mass is 10.1. The number of carbonyl (C=O) groups excluding carboxylic acids is 1. The molecule has 2 atom stereocenters. The Bertz CT molecular complexity index is 758. The van der Waals surface area contributed by atoms with Crippen LogP contribution in [0.5, 0.6) is 5.75 Å². The minimum Gasteiger partial charge on any atom is -0.480 e. The van der Waals surface area contributed by atoms with Crippen molar-refractivity contribution in [3.8, 4) is 5.75 Å². The molecule has 2 aromatic rings. The minimum absolute atomic E-state index is 0.0590. The molecule has 0 spiro atoms. The summed E-state index contributed by atoms with van der Waals surface area (Å²) >= 11 is 6.02. The second-order valence-electron chi connectivity index (χ2n) is 6.20. The second kappa shape index (κ2) is 5.57. The van der Waals surface area contributed by atoms with Crippen LogP contribution in [0.1, 0.15) is 30.0 Å². The smallest absolute Gasteiger partial charge is 0.264 e. The molecular weight excluding hydrogens is 314 g/mol. The van der Waals surface area contributed by atoms with E-state index in [-0.39, 0.29) is 11.9 Å². The van der Waals surface area contributed by atoms with E-state index in [0.717, 1.165) is 36.3 Å². The van der Waals surface area contributed by atoms with Crippen molar-refractivity contribution in [3.05, 3.63) is 46.7 Å². The number of aromatic nitrogens is 2. The number of hydrogen-bond acceptors (Lipinski definition) is 3. The fourth-order valence-corrected chi connectivity index (χ4v) is 3.72. The number of amides is 1. The largest absolute Gasteiger partial charge is 0.480 e. The van der Waals surface area contributed by atoms with Crippen LogP contribution in [-0.4, -0.2) is 33.2 Å². The molecule has 2 aliphatic rings. The summed E-state index contributed by atoms with van der Waals surface area (Å²) in [6, 6.07) is 5.62. The number of benzene rings is 1. The quantitative estimate of drug-likeness (QED) is 0.850. The molecule has 3 heterocycles. The molecule has 120 valence electrons. The van der Waals surface area contributed by atoms with Crippen molar-refractivity contribution in [1.29, 1.82) is 0 Å². The number of nitrogens with zero attached hydrogens (tertiary/aromatic N) is 3. The minimum atomic E-state index is -0.444. The van der Waals surface area contributed by atoms with Crippen molar-refractivity contribution in [3.63, 3.8) is 0 Å². The number of ether oxygens (including phenoxy) is 1. The molecule has 0 saturated carbocycles. The zero-order valence-electron chi connectivity index (χ0n) is 12.9. The van der Waals surface area contributed by atoms with Crippen LogP contribution in [0, 0.1) is 0 Å². The molecule has 2 unspecified atom stereocenters. The molecule has 4 rings (SSSR count). The van der Waals surface area contributed by atoms with E-state index in [1.54, 1.807) is 10.7 Å². The van der Waals surface area contributed by atoms with Gasteiger partial charge in [0.15, 0.2) is 6.10 Å². The third-order valence-corrected chi connectivity index (χ3v) is 4.85. The molecule has 5 nitrogen and oxygen atoms in total. The van der Waals surface area contributed by atoms with Gasteiger partial charge in [0.1, 0.15) is 5.75 Å². The number of carbonyl (C=O) groups is 1. The van der Waals surface area contributed by atoms with Crippen molar-refractivity contribution in [2.45, 2.75) is 31.4 Å². The van der Waals surface area contributed by atoms with Crippen LogP contribution < -0.4 is 4.74 Å². The SMILES string of the molecule is Cn1cc(C2CCCN2C(=O)C2Cc3cc(Cl)ccc3O2)cn1. The van der Waals surface area contributed by atoms with E-state index in [4.69, 9.17) is 16.3 Å². The van der Waals surface area contributed by atoms with E-state index in [1.807, 2.05) is 36.5 Å². The summed E-state index contributed by atoms with van der Waals surface area (Å²) in [5.41, 5.74) is 2.10. The first-order chi connectivity index (χ1) is 11.1. The van der Waals surface area contributed by atoms with E-state index >= 15 is 0 Å². The maximum atomic E-state index is 12.9. The van der Waals surface area contributed by atoms with Crippen LogP contribution in [0.3, 0.4) is 0 Å². The molecule has 1 saturated heterocycles. The third kappa shape index (κ3) is 2.59. The summed E-state index contributed by atoms with van der Waals surface area (Å²) in [6.45, 7) is 0.773. The molecule has 1 aromatic heterocycles. The molecule has 0 bridgehead atoms. The average Bonchev–Trinajstić information content (AvgIpc) is 3.23. The van der Waals surface area contributed by atoms with Gasteiger partial charge in [0.2, 0.25) is 0 Å². The second-order valence-corrected chi connectivity index (χ2v) is 6.64. The van der Waals surface area contributed by atoms with Crippen molar-refractivity contribution >= 4 is 17.5 Å². The topological polar surface area (TPSA) is 47.4 Å². The van der Waals surface area contributed by atoms with Crippen molar-refractivity contribution < 1.29 is 9.53 Å². The van der Waals surface area contributed by atoms with Crippen molar-refractivity contribution in [2.24, 2.45) is 7.05 Å². The fraction of sp³-hybridized carbons (Fsp3) is 0.412. The average molecular weight is 332 g/mol. The lowest BCUT2D eigenvalue weighted by Gasteiger charge is -2.26. The number of fused-ring (bicyclic) bond motifs is 1. The summed E-state index contributed by atoms with van der Waals surface area (Å²) in [5.74, 6) is 0.827. The summed E-state index contributed by atoms with van der Waals surface area (Å²) in [4.78, 5) is 14.9. The highest BCUT2D eigenvalue weighted by atomic mass is 35.5. The summed E-state index contributed by atoms with van der Waals surface area (Å²) < 4.78 is 7.63. The standard InChI is InChI=1S/C17H18ClN3O2/c1-20-10-12(9-19-20)14-3-2-6-21(14)17(22)16-8-11-7-13(18)4-5-15(11)23-16/h4-5,7,9-10,14,16H,2-3,6,8H2,1H3. The summed E-state index contributed by atoms with van der Waals surface area (Å²) in [7, 11) is 1.89. The molecule has 23 heavy (non-hydrogen) atoms. The number of aryl methyl sites for hydroxylation is 1. The zero-order chi connectivity index (χ0) is 16.0. The van der Waals surface area contributed by atoms with Gasteiger partial charge in [0.25, 0.3) is 5.91 Å². The maximum Gasteiger partial charge on any atom is 0.264 e. The Morgan fingerprint density at radius 1 is 1.43 bits per heavy atom. The summed E-state index contributed by atoms with van der Waals surface area (Å²) in [6.07, 6.45) is 5.96. The number of hydrogen-bond donors (Lipinski definition) is 0. The Labute approximate surface area is 139 Å². The third-order valence-electron chi connectivity index (χ3n) is 4.62. The molecule has 2 aliphatic heterocycles. The highest BCUT2D eigenvalue weighted by Crippen LogP contribution is 2.36. The lowest BCUT2D eigenvalue weighted by Crippen LogP contribution is -2.40. The predicted molar refractivity (Wildman–Crippen MR) is 86.5 cm³/mol. The molecule has 6 heteroatoms. The number of halogens is 1. The number of likely N-dealkylation sites (tertiary alicyclic amines) is 1. The monoisotopic (exact) mass is 331 g/mol. The van der Waals surface area contributed by atoms with E-state index in [0.29, 0.717) is 11.4 Å². The van der Waals surface area contributed by atoms with Crippen LogP contribution >= 0.6 is 11.6 Å². The Balaban J connectivity index is 1.53. The van der Waals surface area contributed by atoms with Gasteiger partial charge in [-0.1, -0.05) is 11.6 Å². The van der Waals surface area contributed by atoms with Crippen LogP contribution in [0.25, 0.3) is 0 Å². The van der Waals surface area contributed by atoms with Gasteiger partial charge in [0, 0.05) is 36.8 Å². The predicted octanol–water partition coefficient (Wildman–Crippen LogP) is 2.74. The molecule has 1 aromatic carbocycles.